The van der Waals surface area contributed by atoms with Crippen molar-refractivity contribution in [1.82, 2.24) is 10.0 Å². The number of benzene rings is 1. The third-order valence-electron chi connectivity index (χ3n) is 3.25. The molecule has 1 aliphatic rings. The van der Waals surface area contributed by atoms with E-state index in [9.17, 15) is 13.2 Å². The number of hydrogen-bond donors (Lipinski definition) is 3. The third kappa shape index (κ3) is 4.29. The summed E-state index contributed by atoms with van der Waals surface area (Å²) in [6.45, 7) is 0.837. The first-order valence-corrected chi connectivity index (χ1v) is 8.09. The summed E-state index contributed by atoms with van der Waals surface area (Å²) >= 11 is 0. The molecule has 6 nitrogen and oxygen atoms in total. The van der Waals surface area contributed by atoms with E-state index in [4.69, 9.17) is 5.11 Å². The number of rotatable bonds is 5. The summed E-state index contributed by atoms with van der Waals surface area (Å²) in [5, 5.41) is 11.9. The zero-order valence-electron chi connectivity index (χ0n) is 11.0. The van der Waals surface area contributed by atoms with Crippen molar-refractivity contribution in [1.29, 1.82) is 0 Å². The molecule has 0 spiro atoms. The SMILES string of the molecule is O=C(O)[C@@H]1CNC[C@H](NS(=O)(=O)Cc2ccccc2)C1. The summed E-state index contributed by atoms with van der Waals surface area (Å²) in [6, 6.07) is 8.52. The molecule has 0 saturated carbocycles. The van der Waals surface area contributed by atoms with Gasteiger partial charge in [0.15, 0.2) is 0 Å². The van der Waals surface area contributed by atoms with Gasteiger partial charge in [-0.3, -0.25) is 4.79 Å². The first kappa shape index (κ1) is 15.0. The summed E-state index contributed by atoms with van der Waals surface area (Å²) in [7, 11) is -3.47. The Hall–Kier alpha value is -1.44. The lowest BCUT2D eigenvalue weighted by Gasteiger charge is -2.28. The molecular formula is C13H18N2O4S. The van der Waals surface area contributed by atoms with Gasteiger partial charge in [0.05, 0.1) is 11.7 Å². The first-order chi connectivity index (χ1) is 9.46. The van der Waals surface area contributed by atoms with Gasteiger partial charge in [-0.1, -0.05) is 30.3 Å². The number of piperidine rings is 1. The lowest BCUT2D eigenvalue weighted by Crippen LogP contribution is -2.50. The molecule has 1 saturated heterocycles. The van der Waals surface area contributed by atoms with Gasteiger partial charge < -0.3 is 10.4 Å². The van der Waals surface area contributed by atoms with Gasteiger partial charge in [-0.15, -0.1) is 0 Å². The fourth-order valence-electron chi connectivity index (χ4n) is 2.31. The van der Waals surface area contributed by atoms with Crippen molar-refractivity contribution in [3.05, 3.63) is 35.9 Å². The average Bonchev–Trinajstić information content (AvgIpc) is 2.39. The van der Waals surface area contributed by atoms with Crippen LogP contribution in [0.1, 0.15) is 12.0 Å². The highest BCUT2D eigenvalue weighted by atomic mass is 32.2. The van der Waals surface area contributed by atoms with Gasteiger partial charge >= 0.3 is 5.97 Å². The molecule has 0 amide bonds. The molecule has 7 heteroatoms. The van der Waals surface area contributed by atoms with Gasteiger partial charge in [0.1, 0.15) is 0 Å². The molecular weight excluding hydrogens is 280 g/mol. The van der Waals surface area contributed by atoms with Crippen LogP contribution in [0, 0.1) is 5.92 Å². The van der Waals surface area contributed by atoms with E-state index in [-0.39, 0.29) is 11.8 Å². The van der Waals surface area contributed by atoms with Crippen molar-refractivity contribution in [2.45, 2.75) is 18.2 Å². The Labute approximate surface area is 118 Å². The number of nitrogens with one attached hydrogen (secondary N) is 2. The second-order valence-corrected chi connectivity index (χ2v) is 6.74. The first-order valence-electron chi connectivity index (χ1n) is 6.44. The lowest BCUT2D eigenvalue weighted by atomic mass is 9.97. The van der Waals surface area contributed by atoms with Crippen LogP contribution >= 0.6 is 0 Å². The Bertz CT molecular complexity index is 559. The molecule has 110 valence electrons. The molecule has 1 aliphatic heterocycles. The van der Waals surface area contributed by atoms with Crippen molar-refractivity contribution in [2.24, 2.45) is 5.92 Å². The fourth-order valence-corrected chi connectivity index (χ4v) is 3.71. The topological polar surface area (TPSA) is 95.5 Å². The predicted molar refractivity (Wildman–Crippen MR) is 74.6 cm³/mol. The minimum Gasteiger partial charge on any atom is -0.481 e. The van der Waals surface area contributed by atoms with E-state index < -0.39 is 21.9 Å². The molecule has 0 aliphatic carbocycles. The number of carboxylic acids is 1. The van der Waals surface area contributed by atoms with Crippen LogP contribution in [0.25, 0.3) is 0 Å². The molecule has 0 aromatic heterocycles. The van der Waals surface area contributed by atoms with E-state index in [1.807, 2.05) is 6.07 Å². The van der Waals surface area contributed by atoms with E-state index in [0.717, 1.165) is 0 Å². The Kier molecular flexibility index (Phi) is 4.74. The highest BCUT2D eigenvalue weighted by molar-refractivity contribution is 7.88. The molecule has 2 rings (SSSR count). The molecule has 1 aromatic carbocycles. The van der Waals surface area contributed by atoms with Gasteiger partial charge in [-0.2, -0.15) is 0 Å². The van der Waals surface area contributed by atoms with Gasteiger partial charge in [0.25, 0.3) is 0 Å². The zero-order chi connectivity index (χ0) is 14.6. The van der Waals surface area contributed by atoms with E-state index in [1.165, 1.54) is 0 Å². The summed E-state index contributed by atoms with van der Waals surface area (Å²) in [6.07, 6.45) is 0.316. The quantitative estimate of drug-likeness (QED) is 0.720. The van der Waals surface area contributed by atoms with Crippen LogP contribution < -0.4 is 10.0 Å². The minimum atomic E-state index is -3.47. The Morgan fingerprint density at radius 1 is 1.30 bits per heavy atom. The van der Waals surface area contributed by atoms with Gasteiger partial charge in [0.2, 0.25) is 10.0 Å². The maximum atomic E-state index is 12.1. The van der Waals surface area contributed by atoms with Crippen LogP contribution in [-0.4, -0.2) is 38.6 Å². The third-order valence-corrected chi connectivity index (χ3v) is 4.65. The highest BCUT2D eigenvalue weighted by Crippen LogP contribution is 2.13. The van der Waals surface area contributed by atoms with E-state index >= 15 is 0 Å². The second kappa shape index (κ2) is 6.34. The maximum Gasteiger partial charge on any atom is 0.307 e. The van der Waals surface area contributed by atoms with Crippen LogP contribution in [0.5, 0.6) is 0 Å². The normalized spacial score (nSPS) is 23.4. The maximum absolute atomic E-state index is 12.1. The standard InChI is InChI=1S/C13H18N2O4S/c16-13(17)11-6-12(8-14-7-11)15-20(18,19)9-10-4-2-1-3-5-10/h1-5,11-12,14-15H,6-9H2,(H,16,17)/t11-,12+/m0/s1. The van der Waals surface area contributed by atoms with Gasteiger partial charge in [-0.25, -0.2) is 13.1 Å². The van der Waals surface area contributed by atoms with Crippen LogP contribution in [0.3, 0.4) is 0 Å². The Morgan fingerprint density at radius 3 is 2.65 bits per heavy atom. The highest BCUT2D eigenvalue weighted by Gasteiger charge is 2.29. The molecule has 1 fully saturated rings. The average molecular weight is 298 g/mol. The molecule has 1 aromatic rings. The van der Waals surface area contributed by atoms with E-state index in [1.54, 1.807) is 24.3 Å². The smallest absolute Gasteiger partial charge is 0.307 e. The van der Waals surface area contributed by atoms with Crippen molar-refractivity contribution in [2.75, 3.05) is 13.1 Å². The second-order valence-electron chi connectivity index (χ2n) is 4.99. The van der Waals surface area contributed by atoms with Crippen molar-refractivity contribution < 1.29 is 18.3 Å². The molecule has 2 atom stereocenters. The molecule has 0 radical (unpaired) electrons. The minimum absolute atomic E-state index is 0.0952. The van der Waals surface area contributed by atoms with Gasteiger partial charge in [-0.05, 0) is 12.0 Å². The van der Waals surface area contributed by atoms with Gasteiger partial charge in [0, 0.05) is 19.1 Å². The van der Waals surface area contributed by atoms with Crippen LogP contribution in [0.15, 0.2) is 30.3 Å². The molecule has 0 bridgehead atoms. The molecule has 1 heterocycles. The van der Waals surface area contributed by atoms with E-state index in [0.29, 0.717) is 25.1 Å². The number of carboxylic acid groups (broad SMARTS) is 1. The Morgan fingerprint density at radius 2 is 2.00 bits per heavy atom. The van der Waals surface area contributed by atoms with Crippen LogP contribution in [-0.2, 0) is 20.6 Å². The number of carbonyl (C=O) groups is 1. The molecule has 3 N–H and O–H groups in total. The lowest BCUT2D eigenvalue weighted by molar-refractivity contribution is -0.142. The van der Waals surface area contributed by atoms with Crippen LogP contribution in [0.2, 0.25) is 0 Å². The zero-order valence-corrected chi connectivity index (χ0v) is 11.8. The summed E-state index contributed by atoms with van der Waals surface area (Å²) in [5.41, 5.74) is 0.707. The summed E-state index contributed by atoms with van der Waals surface area (Å²) < 4.78 is 26.7. The van der Waals surface area contributed by atoms with E-state index in [2.05, 4.69) is 10.0 Å². The fraction of sp³-hybridized carbons (Fsp3) is 0.462. The molecule has 0 unspecified atom stereocenters. The summed E-state index contributed by atoms with van der Waals surface area (Å²) in [4.78, 5) is 10.9. The number of aliphatic carboxylic acids is 1. The predicted octanol–water partition coefficient (Wildman–Crippen LogP) is 0.169. The monoisotopic (exact) mass is 298 g/mol. The van der Waals surface area contributed by atoms with Crippen molar-refractivity contribution in [3.8, 4) is 0 Å². The largest absolute Gasteiger partial charge is 0.481 e. The van der Waals surface area contributed by atoms with Crippen LogP contribution in [0.4, 0.5) is 0 Å². The number of sulfonamides is 1. The number of hydrogen-bond acceptors (Lipinski definition) is 4. The van der Waals surface area contributed by atoms with Crippen molar-refractivity contribution in [3.63, 3.8) is 0 Å². The summed E-state index contributed by atoms with van der Waals surface area (Å²) in [5.74, 6) is -1.54. The Balaban J connectivity index is 1.96. The molecule has 20 heavy (non-hydrogen) atoms. The van der Waals surface area contributed by atoms with Crippen molar-refractivity contribution >= 4 is 16.0 Å².